The van der Waals surface area contributed by atoms with Gasteiger partial charge in [0, 0.05) is 11.1 Å². The van der Waals surface area contributed by atoms with Crippen LogP contribution < -0.4 is 5.32 Å². The van der Waals surface area contributed by atoms with Crippen LogP contribution in [0.1, 0.15) is 45.6 Å². The normalized spacial score (nSPS) is 13.8. The minimum absolute atomic E-state index is 0.164. The molecular weight excluding hydrogens is 318 g/mol. The van der Waals surface area contributed by atoms with Crippen molar-refractivity contribution in [3.63, 3.8) is 0 Å². The summed E-state index contributed by atoms with van der Waals surface area (Å²) >= 11 is 7.46. The Kier molecular flexibility index (Phi) is 4.41. The van der Waals surface area contributed by atoms with Crippen LogP contribution in [0.4, 0.5) is 5.00 Å². The molecule has 0 fully saturated rings. The highest BCUT2D eigenvalue weighted by Gasteiger charge is 2.22. The maximum Gasteiger partial charge on any atom is 0.259 e. The number of pyridine rings is 1. The summed E-state index contributed by atoms with van der Waals surface area (Å²) in [5, 5.41) is 13.1. The average molecular weight is 332 g/mol. The summed E-state index contributed by atoms with van der Waals surface area (Å²) in [6, 6.07) is 5.53. The molecular formula is C16H14ClN3OS. The van der Waals surface area contributed by atoms with E-state index < -0.39 is 0 Å². The number of halogens is 1. The molecule has 2 aromatic rings. The van der Waals surface area contributed by atoms with Crippen molar-refractivity contribution in [2.24, 2.45) is 0 Å². The summed E-state index contributed by atoms with van der Waals surface area (Å²) in [4.78, 5) is 17.5. The van der Waals surface area contributed by atoms with Gasteiger partial charge in [-0.1, -0.05) is 18.0 Å². The number of thiophene rings is 1. The Balaban J connectivity index is 1.92. The summed E-state index contributed by atoms with van der Waals surface area (Å²) in [6.45, 7) is 0. The minimum atomic E-state index is -0.328. The molecule has 0 bridgehead atoms. The van der Waals surface area contributed by atoms with E-state index in [4.69, 9.17) is 11.6 Å². The van der Waals surface area contributed by atoms with Gasteiger partial charge in [-0.2, -0.15) is 5.26 Å². The molecule has 2 aromatic heterocycles. The van der Waals surface area contributed by atoms with E-state index in [2.05, 4.69) is 16.4 Å². The lowest BCUT2D eigenvalue weighted by Gasteiger charge is -2.05. The van der Waals surface area contributed by atoms with Crippen LogP contribution in [-0.4, -0.2) is 10.9 Å². The molecule has 0 unspecified atom stereocenters. The highest BCUT2D eigenvalue weighted by Crippen LogP contribution is 2.37. The molecule has 1 aliphatic rings. The number of amides is 1. The van der Waals surface area contributed by atoms with Crippen molar-refractivity contribution in [1.82, 2.24) is 4.98 Å². The van der Waals surface area contributed by atoms with Crippen LogP contribution in [0.3, 0.4) is 0 Å². The lowest BCUT2D eigenvalue weighted by atomic mass is 10.1. The number of anilines is 1. The van der Waals surface area contributed by atoms with Crippen molar-refractivity contribution in [1.29, 1.82) is 5.26 Å². The molecule has 1 amide bonds. The molecule has 0 aliphatic heterocycles. The standard InChI is InChI=1S/C16H14ClN3OS/c17-14-11(6-4-8-19-14)15(21)20-16-12(9-18)10-5-2-1-3-7-13(10)22-16/h4,6,8H,1-3,5,7H2,(H,20,21). The fourth-order valence-electron chi connectivity index (χ4n) is 2.67. The van der Waals surface area contributed by atoms with Gasteiger partial charge in [0.1, 0.15) is 16.2 Å². The van der Waals surface area contributed by atoms with E-state index in [1.54, 1.807) is 12.1 Å². The quantitative estimate of drug-likeness (QED) is 0.662. The monoisotopic (exact) mass is 331 g/mol. The Labute approximate surface area is 137 Å². The second-order valence-corrected chi connectivity index (χ2v) is 6.64. The number of nitrogens with one attached hydrogen (secondary N) is 1. The van der Waals surface area contributed by atoms with Crippen LogP contribution in [-0.2, 0) is 12.8 Å². The highest BCUT2D eigenvalue weighted by atomic mass is 35.5. The molecule has 112 valence electrons. The molecule has 0 saturated heterocycles. The summed E-state index contributed by atoms with van der Waals surface area (Å²) in [6.07, 6.45) is 6.86. The lowest BCUT2D eigenvalue weighted by molar-refractivity contribution is 0.102. The molecule has 6 heteroatoms. The zero-order valence-electron chi connectivity index (χ0n) is 11.9. The van der Waals surface area contributed by atoms with Gasteiger partial charge in [-0.3, -0.25) is 4.79 Å². The second-order valence-electron chi connectivity index (χ2n) is 5.18. The number of nitriles is 1. The number of rotatable bonds is 2. The van der Waals surface area contributed by atoms with E-state index in [0.717, 1.165) is 31.2 Å². The summed E-state index contributed by atoms with van der Waals surface area (Å²) in [5.74, 6) is -0.328. The highest BCUT2D eigenvalue weighted by molar-refractivity contribution is 7.16. The number of hydrogen-bond acceptors (Lipinski definition) is 4. The zero-order chi connectivity index (χ0) is 15.5. The van der Waals surface area contributed by atoms with Crippen LogP contribution in [0.2, 0.25) is 5.15 Å². The van der Waals surface area contributed by atoms with Gasteiger partial charge in [-0.15, -0.1) is 11.3 Å². The maximum atomic E-state index is 12.3. The molecule has 0 atom stereocenters. The van der Waals surface area contributed by atoms with Gasteiger partial charge < -0.3 is 5.32 Å². The first-order chi connectivity index (χ1) is 10.7. The van der Waals surface area contributed by atoms with Gasteiger partial charge in [0.2, 0.25) is 0 Å². The Morgan fingerprint density at radius 3 is 2.95 bits per heavy atom. The molecule has 22 heavy (non-hydrogen) atoms. The molecule has 1 N–H and O–H groups in total. The molecule has 0 aromatic carbocycles. The molecule has 0 spiro atoms. The van der Waals surface area contributed by atoms with Crippen molar-refractivity contribution in [2.45, 2.75) is 32.1 Å². The minimum Gasteiger partial charge on any atom is -0.312 e. The second kappa shape index (κ2) is 6.47. The van der Waals surface area contributed by atoms with Crippen LogP contribution >= 0.6 is 22.9 Å². The van der Waals surface area contributed by atoms with E-state index in [-0.39, 0.29) is 11.1 Å². The van der Waals surface area contributed by atoms with E-state index in [0.29, 0.717) is 16.1 Å². The van der Waals surface area contributed by atoms with E-state index >= 15 is 0 Å². The Bertz CT molecular complexity index is 763. The third-order valence-electron chi connectivity index (χ3n) is 3.76. The molecule has 2 heterocycles. The smallest absolute Gasteiger partial charge is 0.259 e. The fourth-order valence-corrected chi connectivity index (χ4v) is 4.11. The fraction of sp³-hybridized carbons (Fsp3) is 0.312. The van der Waals surface area contributed by atoms with Crippen LogP contribution in [0, 0.1) is 11.3 Å². The van der Waals surface area contributed by atoms with Crippen LogP contribution in [0.5, 0.6) is 0 Å². The maximum absolute atomic E-state index is 12.3. The number of fused-ring (bicyclic) bond motifs is 1. The summed E-state index contributed by atoms with van der Waals surface area (Å²) < 4.78 is 0. The van der Waals surface area contributed by atoms with Gasteiger partial charge in [-0.25, -0.2) is 4.98 Å². The lowest BCUT2D eigenvalue weighted by Crippen LogP contribution is -2.12. The number of carbonyl (C=O) groups is 1. The van der Waals surface area contributed by atoms with Crippen molar-refractivity contribution in [3.05, 3.63) is 45.1 Å². The summed E-state index contributed by atoms with van der Waals surface area (Å²) in [5.41, 5.74) is 2.03. The largest absolute Gasteiger partial charge is 0.312 e. The number of hydrogen-bond donors (Lipinski definition) is 1. The van der Waals surface area contributed by atoms with Crippen LogP contribution in [0.25, 0.3) is 0 Å². The number of aromatic nitrogens is 1. The number of aryl methyl sites for hydroxylation is 1. The first kappa shape index (κ1) is 15.0. The van der Waals surface area contributed by atoms with E-state index in [1.165, 1.54) is 28.8 Å². The van der Waals surface area contributed by atoms with Gasteiger partial charge in [0.05, 0.1) is 11.1 Å². The van der Waals surface area contributed by atoms with E-state index in [1.807, 2.05) is 0 Å². The van der Waals surface area contributed by atoms with E-state index in [9.17, 15) is 10.1 Å². The third kappa shape index (κ3) is 2.85. The van der Waals surface area contributed by atoms with Gasteiger partial charge in [0.25, 0.3) is 5.91 Å². The van der Waals surface area contributed by atoms with Gasteiger partial charge in [-0.05, 0) is 43.4 Å². The van der Waals surface area contributed by atoms with Crippen molar-refractivity contribution < 1.29 is 4.79 Å². The topological polar surface area (TPSA) is 65.8 Å². The van der Waals surface area contributed by atoms with Crippen molar-refractivity contribution >= 4 is 33.8 Å². The first-order valence-corrected chi connectivity index (χ1v) is 8.36. The Morgan fingerprint density at radius 1 is 1.36 bits per heavy atom. The molecule has 1 aliphatic carbocycles. The predicted octanol–water partition coefficient (Wildman–Crippen LogP) is 4.19. The SMILES string of the molecule is N#Cc1c(NC(=O)c2cccnc2Cl)sc2c1CCCCC2. The van der Waals surface area contributed by atoms with Crippen molar-refractivity contribution in [3.8, 4) is 6.07 Å². The molecule has 0 saturated carbocycles. The van der Waals surface area contributed by atoms with Crippen molar-refractivity contribution in [2.75, 3.05) is 5.32 Å². The number of nitrogens with zero attached hydrogens (tertiary/aromatic N) is 2. The Hall–Kier alpha value is -1.90. The molecule has 0 radical (unpaired) electrons. The molecule has 4 nitrogen and oxygen atoms in total. The van der Waals surface area contributed by atoms with Gasteiger partial charge in [0.15, 0.2) is 0 Å². The zero-order valence-corrected chi connectivity index (χ0v) is 13.4. The number of carbonyl (C=O) groups excluding carboxylic acids is 1. The average Bonchev–Trinajstić information content (AvgIpc) is 2.68. The molecule has 3 rings (SSSR count). The third-order valence-corrected chi connectivity index (χ3v) is 5.27. The summed E-state index contributed by atoms with van der Waals surface area (Å²) in [7, 11) is 0. The Morgan fingerprint density at radius 2 is 2.18 bits per heavy atom. The first-order valence-electron chi connectivity index (χ1n) is 7.17. The predicted molar refractivity (Wildman–Crippen MR) is 87.5 cm³/mol. The van der Waals surface area contributed by atoms with Crippen LogP contribution in [0.15, 0.2) is 18.3 Å². The van der Waals surface area contributed by atoms with Gasteiger partial charge >= 0.3 is 0 Å².